The van der Waals surface area contributed by atoms with Gasteiger partial charge in [0.15, 0.2) is 5.13 Å². The van der Waals surface area contributed by atoms with Gasteiger partial charge >= 0.3 is 0 Å². The number of aromatic nitrogens is 3. The molecule has 136 valence electrons. The van der Waals surface area contributed by atoms with E-state index in [2.05, 4.69) is 15.3 Å². The zero-order valence-corrected chi connectivity index (χ0v) is 16.6. The van der Waals surface area contributed by atoms with E-state index in [4.69, 9.17) is 23.2 Å². The minimum Gasteiger partial charge on any atom is -0.300 e. The SMILES string of the molecule is O=C(Cn1cnc2sccc2c1=O)Nc1nc(-c2cc(Cl)ccc2Cl)cs1. The lowest BCUT2D eigenvalue weighted by Gasteiger charge is -2.05. The summed E-state index contributed by atoms with van der Waals surface area (Å²) >= 11 is 14.8. The lowest BCUT2D eigenvalue weighted by Crippen LogP contribution is -2.27. The smallest absolute Gasteiger partial charge is 0.262 e. The molecule has 0 aliphatic carbocycles. The third-order valence-corrected chi connectivity index (χ3v) is 5.86. The highest BCUT2D eigenvalue weighted by molar-refractivity contribution is 7.16. The summed E-state index contributed by atoms with van der Waals surface area (Å²) in [7, 11) is 0. The number of rotatable bonds is 4. The number of anilines is 1. The van der Waals surface area contributed by atoms with Crippen LogP contribution in [-0.2, 0) is 11.3 Å². The minimum atomic E-state index is -0.369. The van der Waals surface area contributed by atoms with E-state index in [0.717, 1.165) is 0 Å². The molecule has 10 heteroatoms. The predicted octanol–water partition coefficient (Wildman–Crippen LogP) is 4.53. The first kappa shape index (κ1) is 18.1. The number of thiazole rings is 1. The number of nitrogens with one attached hydrogen (secondary N) is 1. The molecule has 0 radical (unpaired) electrons. The summed E-state index contributed by atoms with van der Waals surface area (Å²) in [6.07, 6.45) is 1.37. The standard InChI is InChI=1S/C17H10Cl2N4O2S2/c18-9-1-2-12(19)11(5-9)13-7-27-17(21-13)22-14(24)6-23-8-20-15-10(16(23)25)3-4-26-15/h1-5,7-8H,6H2,(H,21,22,24). The number of halogens is 2. The van der Waals surface area contributed by atoms with Gasteiger partial charge in [-0.25, -0.2) is 9.97 Å². The molecular weight excluding hydrogens is 427 g/mol. The molecule has 3 aromatic heterocycles. The largest absolute Gasteiger partial charge is 0.300 e. The summed E-state index contributed by atoms with van der Waals surface area (Å²) in [5, 5.41) is 8.23. The van der Waals surface area contributed by atoms with Crippen molar-refractivity contribution in [3.63, 3.8) is 0 Å². The first-order valence-electron chi connectivity index (χ1n) is 7.65. The van der Waals surface area contributed by atoms with Crippen molar-refractivity contribution in [1.82, 2.24) is 14.5 Å². The van der Waals surface area contributed by atoms with Crippen LogP contribution in [0.1, 0.15) is 0 Å². The Morgan fingerprint density at radius 1 is 1.22 bits per heavy atom. The third-order valence-electron chi connectivity index (χ3n) is 3.72. The van der Waals surface area contributed by atoms with Crippen molar-refractivity contribution >= 4 is 67.1 Å². The number of hydrogen-bond donors (Lipinski definition) is 1. The Balaban J connectivity index is 1.51. The van der Waals surface area contributed by atoms with E-state index < -0.39 is 0 Å². The van der Waals surface area contributed by atoms with Crippen molar-refractivity contribution in [3.8, 4) is 11.3 Å². The van der Waals surface area contributed by atoms with E-state index in [1.165, 1.54) is 33.6 Å². The molecule has 0 atom stereocenters. The van der Waals surface area contributed by atoms with Gasteiger partial charge in [0.1, 0.15) is 11.4 Å². The molecule has 4 rings (SSSR count). The highest BCUT2D eigenvalue weighted by atomic mass is 35.5. The lowest BCUT2D eigenvalue weighted by molar-refractivity contribution is -0.116. The van der Waals surface area contributed by atoms with Gasteiger partial charge in [-0.2, -0.15) is 0 Å². The molecule has 0 unspecified atom stereocenters. The fraction of sp³-hybridized carbons (Fsp3) is 0.0588. The molecular formula is C17H10Cl2N4O2S2. The lowest BCUT2D eigenvalue weighted by atomic mass is 10.2. The number of nitrogens with zero attached hydrogens (tertiary/aromatic N) is 3. The maximum absolute atomic E-state index is 12.3. The van der Waals surface area contributed by atoms with Crippen LogP contribution in [0.5, 0.6) is 0 Å². The average Bonchev–Trinajstić information content (AvgIpc) is 3.29. The van der Waals surface area contributed by atoms with Crippen molar-refractivity contribution in [3.05, 3.63) is 61.8 Å². The second-order valence-corrected chi connectivity index (χ2v) is 8.12. The fourth-order valence-electron chi connectivity index (χ4n) is 2.47. The molecule has 0 saturated carbocycles. The summed E-state index contributed by atoms with van der Waals surface area (Å²) in [6.45, 7) is -0.148. The molecule has 0 fully saturated rings. The second-order valence-electron chi connectivity index (χ2n) is 5.53. The number of fused-ring (bicyclic) bond motifs is 1. The van der Waals surface area contributed by atoms with Crippen molar-refractivity contribution in [2.45, 2.75) is 6.54 Å². The van der Waals surface area contributed by atoms with E-state index in [0.29, 0.717) is 36.7 Å². The number of amides is 1. The maximum Gasteiger partial charge on any atom is 0.262 e. The van der Waals surface area contributed by atoms with Crippen LogP contribution in [0.15, 0.2) is 46.1 Å². The first-order valence-corrected chi connectivity index (χ1v) is 10.2. The Bertz CT molecular complexity index is 1220. The summed E-state index contributed by atoms with van der Waals surface area (Å²) in [4.78, 5) is 33.9. The molecule has 1 N–H and O–H groups in total. The summed E-state index contributed by atoms with van der Waals surface area (Å²) in [5.41, 5.74) is 1.05. The van der Waals surface area contributed by atoms with E-state index in [9.17, 15) is 9.59 Å². The van der Waals surface area contributed by atoms with Crippen LogP contribution < -0.4 is 10.9 Å². The molecule has 0 saturated heterocycles. The minimum absolute atomic E-state index is 0.148. The van der Waals surface area contributed by atoms with Crippen molar-refractivity contribution < 1.29 is 4.79 Å². The maximum atomic E-state index is 12.3. The van der Waals surface area contributed by atoms with Gasteiger partial charge in [-0.3, -0.25) is 14.2 Å². The van der Waals surface area contributed by atoms with Crippen LogP contribution in [0.4, 0.5) is 5.13 Å². The molecule has 0 spiro atoms. The summed E-state index contributed by atoms with van der Waals surface area (Å²) in [5.74, 6) is -0.369. The molecule has 0 aliphatic rings. The summed E-state index contributed by atoms with van der Waals surface area (Å²) < 4.78 is 1.27. The summed E-state index contributed by atoms with van der Waals surface area (Å²) in [6, 6.07) is 6.80. The quantitative estimate of drug-likeness (QED) is 0.509. The molecule has 3 heterocycles. The Kier molecular flexibility index (Phi) is 4.96. The topological polar surface area (TPSA) is 76.9 Å². The predicted molar refractivity (Wildman–Crippen MR) is 110 cm³/mol. The molecule has 0 bridgehead atoms. The Morgan fingerprint density at radius 3 is 2.93 bits per heavy atom. The third kappa shape index (κ3) is 3.74. The number of thiophene rings is 1. The van der Waals surface area contributed by atoms with Gasteiger partial charge in [-0.05, 0) is 29.6 Å². The van der Waals surface area contributed by atoms with Crippen molar-refractivity contribution in [1.29, 1.82) is 0 Å². The number of benzene rings is 1. The second kappa shape index (κ2) is 7.40. The average molecular weight is 437 g/mol. The van der Waals surface area contributed by atoms with E-state index >= 15 is 0 Å². The monoisotopic (exact) mass is 436 g/mol. The van der Waals surface area contributed by atoms with Gasteiger partial charge < -0.3 is 5.32 Å². The van der Waals surface area contributed by atoms with Gasteiger partial charge in [0.05, 0.1) is 22.4 Å². The molecule has 1 aromatic carbocycles. The van der Waals surface area contributed by atoms with Crippen molar-refractivity contribution in [2.24, 2.45) is 0 Å². The Hall–Kier alpha value is -2.26. The number of carbonyl (C=O) groups is 1. The van der Waals surface area contributed by atoms with Crippen LogP contribution in [0.2, 0.25) is 10.0 Å². The van der Waals surface area contributed by atoms with E-state index in [1.54, 1.807) is 35.0 Å². The van der Waals surface area contributed by atoms with Crippen LogP contribution in [0, 0.1) is 0 Å². The van der Waals surface area contributed by atoms with Crippen LogP contribution in [0.25, 0.3) is 21.5 Å². The molecule has 6 nitrogen and oxygen atoms in total. The molecule has 4 aromatic rings. The Morgan fingerprint density at radius 2 is 2.07 bits per heavy atom. The number of hydrogen-bond acceptors (Lipinski definition) is 6. The van der Waals surface area contributed by atoms with Crippen LogP contribution >= 0.6 is 45.9 Å². The van der Waals surface area contributed by atoms with Crippen LogP contribution in [-0.4, -0.2) is 20.4 Å². The number of carbonyl (C=O) groups excluding carboxylic acids is 1. The van der Waals surface area contributed by atoms with Gasteiger partial charge in [0, 0.05) is 16.0 Å². The molecule has 1 amide bonds. The zero-order valence-electron chi connectivity index (χ0n) is 13.5. The van der Waals surface area contributed by atoms with E-state index in [1.807, 2.05) is 0 Å². The Labute approximate surface area is 171 Å². The van der Waals surface area contributed by atoms with Gasteiger partial charge in [-0.15, -0.1) is 22.7 Å². The van der Waals surface area contributed by atoms with E-state index in [-0.39, 0.29) is 18.0 Å². The highest BCUT2D eigenvalue weighted by Crippen LogP contribution is 2.32. The fourth-order valence-corrected chi connectivity index (χ4v) is 4.30. The van der Waals surface area contributed by atoms with Gasteiger partial charge in [0.2, 0.25) is 5.91 Å². The molecule has 27 heavy (non-hydrogen) atoms. The first-order chi connectivity index (χ1) is 13.0. The molecule has 0 aliphatic heterocycles. The van der Waals surface area contributed by atoms with Crippen molar-refractivity contribution in [2.75, 3.05) is 5.32 Å². The van der Waals surface area contributed by atoms with Gasteiger partial charge in [-0.1, -0.05) is 23.2 Å². The zero-order chi connectivity index (χ0) is 19.0. The van der Waals surface area contributed by atoms with Gasteiger partial charge in [0.25, 0.3) is 5.56 Å². The van der Waals surface area contributed by atoms with Crippen LogP contribution in [0.3, 0.4) is 0 Å². The highest BCUT2D eigenvalue weighted by Gasteiger charge is 2.13. The normalized spacial score (nSPS) is 11.0.